The van der Waals surface area contributed by atoms with Crippen molar-refractivity contribution < 1.29 is 32.7 Å². The number of rotatable bonds is 0. The van der Waals surface area contributed by atoms with E-state index < -0.39 is 0 Å². The summed E-state index contributed by atoms with van der Waals surface area (Å²) in [5, 5.41) is 0. The van der Waals surface area contributed by atoms with Crippen molar-refractivity contribution in [1.82, 2.24) is 0 Å². The predicted molar refractivity (Wildman–Crippen MR) is 34.4 cm³/mol. The van der Waals surface area contributed by atoms with Crippen LogP contribution in [-0.4, -0.2) is 0 Å². The fourth-order valence-electron chi connectivity index (χ4n) is 0.492. The smallest absolute Gasteiger partial charge is 0 e. The molecule has 1 rings (SSSR count). The molecule has 0 bridgehead atoms. The quantitative estimate of drug-likeness (QED) is 0.530. The molecule has 2 heteroatoms. The first-order valence-corrected chi connectivity index (χ1v) is 2.07. The van der Waals surface area contributed by atoms with Gasteiger partial charge in [0.2, 0.25) is 0 Å². The van der Waals surface area contributed by atoms with Crippen LogP contribution in [0.4, 0.5) is 0 Å². The van der Waals surface area contributed by atoms with Gasteiger partial charge >= 0.3 is 0 Å². The molecule has 0 aliphatic heterocycles. The minimum absolute atomic E-state index is 0. The summed E-state index contributed by atoms with van der Waals surface area (Å²) in [7, 11) is 0. The van der Waals surface area contributed by atoms with Crippen LogP contribution in [0.3, 0.4) is 0 Å². The largest absolute Gasteiger partial charge is 0.241 e. The van der Waals surface area contributed by atoms with E-state index in [-0.39, 0.29) is 45.1 Å². The van der Waals surface area contributed by atoms with Crippen molar-refractivity contribution in [3.8, 4) is 0 Å². The van der Waals surface area contributed by atoms with Crippen molar-refractivity contribution in [2.24, 2.45) is 0 Å². The van der Waals surface area contributed by atoms with Gasteiger partial charge in [0.25, 0.3) is 0 Å². The van der Waals surface area contributed by atoms with Crippen molar-refractivity contribution in [1.29, 1.82) is 0 Å². The average molecular weight is 204 g/mol. The van der Waals surface area contributed by atoms with Gasteiger partial charge in [0.05, 0.1) is 0 Å². The van der Waals surface area contributed by atoms with Crippen LogP contribution in [0.5, 0.6) is 0 Å². The maximum Gasteiger partial charge on any atom is 0 e. The number of allylic oxidation sites excluding steroid dienone is 4. The fraction of sp³-hybridized carbons (Fsp3) is 0.167. The fourth-order valence-corrected chi connectivity index (χ4v) is 0.492. The summed E-state index contributed by atoms with van der Waals surface area (Å²) in [6.45, 7) is 3.74. The van der Waals surface area contributed by atoms with Crippen LogP contribution in [0.1, 0.15) is 6.42 Å². The van der Waals surface area contributed by atoms with Crippen molar-refractivity contribution in [3.05, 3.63) is 30.7 Å². The minimum Gasteiger partial charge on any atom is -0.241 e. The van der Waals surface area contributed by atoms with E-state index in [1.807, 2.05) is 12.2 Å². The zero-order valence-corrected chi connectivity index (χ0v) is 8.29. The maximum atomic E-state index is 3.74. The first-order chi connectivity index (χ1) is 2.89. The van der Waals surface area contributed by atoms with Crippen molar-refractivity contribution in [2.45, 2.75) is 6.42 Å². The molecule has 0 N–H and O–H groups in total. The van der Waals surface area contributed by atoms with Gasteiger partial charge in [-0.15, -0.1) is 24.6 Å². The molecule has 0 nitrogen and oxygen atoms in total. The molecule has 1 aliphatic carbocycles. The Morgan fingerprint density at radius 2 is 2.12 bits per heavy atom. The SMILES string of the molecule is Cl.[CH2-]C1=CC=CC1.[Y]. The summed E-state index contributed by atoms with van der Waals surface area (Å²) in [6.07, 6.45) is 7.21. The van der Waals surface area contributed by atoms with Gasteiger partial charge in [-0.3, -0.25) is 0 Å². The van der Waals surface area contributed by atoms with Gasteiger partial charge in [-0.2, -0.15) is 0 Å². The molecule has 0 aromatic rings. The van der Waals surface area contributed by atoms with Crippen LogP contribution in [0, 0.1) is 6.92 Å². The van der Waals surface area contributed by atoms with Gasteiger partial charge in [0, 0.05) is 32.7 Å². The monoisotopic (exact) mass is 204 g/mol. The first-order valence-electron chi connectivity index (χ1n) is 2.07. The number of hydrogen-bond acceptors (Lipinski definition) is 0. The Labute approximate surface area is 81.7 Å². The van der Waals surface area contributed by atoms with Crippen molar-refractivity contribution in [3.63, 3.8) is 0 Å². The molecular formula is C6H8ClY-. The van der Waals surface area contributed by atoms with Gasteiger partial charge in [-0.1, -0.05) is 0 Å². The van der Waals surface area contributed by atoms with Gasteiger partial charge in [0.15, 0.2) is 0 Å². The standard InChI is InChI=1S/C6H7.ClH.Y/c1-6-4-2-3-5-6;;/h2-4H,1,5H2;1H;/q-1;;. The minimum atomic E-state index is 0. The molecule has 0 unspecified atom stereocenters. The third-order valence-corrected chi connectivity index (χ3v) is 0.848. The zero-order valence-electron chi connectivity index (χ0n) is 4.63. The first kappa shape index (κ1) is 11.5. The topological polar surface area (TPSA) is 0 Å². The Morgan fingerprint density at radius 3 is 2.25 bits per heavy atom. The Morgan fingerprint density at radius 1 is 1.50 bits per heavy atom. The second-order valence-electron chi connectivity index (χ2n) is 1.46. The van der Waals surface area contributed by atoms with E-state index in [4.69, 9.17) is 0 Å². The number of hydrogen-bond donors (Lipinski definition) is 0. The Kier molecular flexibility index (Phi) is 8.46. The van der Waals surface area contributed by atoms with Crippen LogP contribution in [0.2, 0.25) is 0 Å². The molecule has 43 valence electrons. The molecule has 0 aromatic carbocycles. The zero-order chi connectivity index (χ0) is 4.41. The summed E-state index contributed by atoms with van der Waals surface area (Å²) >= 11 is 0. The van der Waals surface area contributed by atoms with Gasteiger partial charge < -0.3 is 0 Å². The van der Waals surface area contributed by atoms with Gasteiger partial charge in [0.1, 0.15) is 0 Å². The molecule has 0 atom stereocenters. The molecule has 0 saturated carbocycles. The summed E-state index contributed by atoms with van der Waals surface area (Å²) in [5.74, 6) is 0. The predicted octanol–water partition coefficient (Wildman–Crippen LogP) is 2.13. The Bertz CT molecular complexity index is 105. The second-order valence-corrected chi connectivity index (χ2v) is 1.46. The summed E-state index contributed by atoms with van der Waals surface area (Å²) < 4.78 is 0. The van der Waals surface area contributed by atoms with E-state index in [9.17, 15) is 0 Å². The van der Waals surface area contributed by atoms with Crippen LogP contribution in [0.25, 0.3) is 0 Å². The molecule has 0 aromatic heterocycles. The van der Waals surface area contributed by atoms with E-state index in [0.717, 1.165) is 6.42 Å². The van der Waals surface area contributed by atoms with E-state index in [1.54, 1.807) is 0 Å². The van der Waals surface area contributed by atoms with E-state index >= 15 is 0 Å². The normalized spacial score (nSPS) is 13.8. The third-order valence-electron chi connectivity index (χ3n) is 0.848. The molecule has 1 aliphatic rings. The van der Waals surface area contributed by atoms with E-state index in [0.29, 0.717) is 0 Å². The summed E-state index contributed by atoms with van der Waals surface area (Å²) in [4.78, 5) is 0. The second kappa shape index (κ2) is 5.87. The van der Waals surface area contributed by atoms with E-state index in [1.165, 1.54) is 5.57 Å². The van der Waals surface area contributed by atoms with Crippen LogP contribution in [0.15, 0.2) is 23.8 Å². The van der Waals surface area contributed by atoms with Crippen molar-refractivity contribution >= 4 is 12.4 Å². The third kappa shape index (κ3) is 3.71. The Balaban J connectivity index is 0. The molecule has 8 heavy (non-hydrogen) atoms. The molecule has 0 spiro atoms. The molecule has 0 heterocycles. The van der Waals surface area contributed by atoms with Gasteiger partial charge in [-0.25, -0.2) is 18.6 Å². The maximum absolute atomic E-state index is 3.74. The van der Waals surface area contributed by atoms with Crippen LogP contribution in [-0.2, 0) is 32.7 Å². The summed E-state index contributed by atoms with van der Waals surface area (Å²) in [5.41, 5.74) is 1.22. The average Bonchev–Trinajstić information content (AvgIpc) is 1.86. The number of halogens is 1. The van der Waals surface area contributed by atoms with E-state index in [2.05, 4.69) is 13.0 Å². The summed E-state index contributed by atoms with van der Waals surface area (Å²) in [6, 6.07) is 0. The molecular weight excluding hydrogens is 196 g/mol. The van der Waals surface area contributed by atoms with Crippen LogP contribution < -0.4 is 0 Å². The van der Waals surface area contributed by atoms with Crippen LogP contribution >= 0.6 is 12.4 Å². The molecule has 1 radical (unpaired) electrons. The molecule has 0 fully saturated rings. The molecule has 0 saturated heterocycles. The molecule has 0 amide bonds. The van der Waals surface area contributed by atoms with Crippen molar-refractivity contribution in [2.75, 3.05) is 0 Å². The van der Waals surface area contributed by atoms with Gasteiger partial charge in [-0.05, 0) is 6.42 Å². The Hall–Kier alpha value is 0.744.